The van der Waals surface area contributed by atoms with E-state index < -0.39 is 0 Å². The van der Waals surface area contributed by atoms with Crippen molar-refractivity contribution in [1.29, 1.82) is 0 Å². The molecule has 0 aliphatic heterocycles. The summed E-state index contributed by atoms with van der Waals surface area (Å²) < 4.78 is 0.174. The molecule has 0 bridgehead atoms. The molecular formula is C9H12IN. The van der Waals surface area contributed by atoms with Gasteiger partial charge in [0.25, 0.3) is 0 Å². The molecule has 1 rings (SSSR count). The summed E-state index contributed by atoms with van der Waals surface area (Å²) in [6, 6.07) is 8.02. The van der Waals surface area contributed by atoms with Gasteiger partial charge < -0.3 is 5.73 Å². The van der Waals surface area contributed by atoms with Crippen molar-refractivity contribution in [1.82, 2.24) is 0 Å². The lowest BCUT2D eigenvalue weighted by molar-refractivity contribution is 0.827. The molecule has 0 unspecified atom stereocenters. The van der Waals surface area contributed by atoms with Gasteiger partial charge in [-0.25, -0.2) is 0 Å². The average molecular weight is 261 g/mol. The van der Waals surface area contributed by atoms with Gasteiger partial charge in [0.05, 0.1) is 0 Å². The van der Waals surface area contributed by atoms with Crippen LogP contribution in [0.25, 0.3) is 0 Å². The molecule has 2 heteroatoms. The van der Waals surface area contributed by atoms with Crippen LogP contribution in [-0.4, -0.2) is 0 Å². The Labute approximate surface area is 81.1 Å². The van der Waals surface area contributed by atoms with Crippen molar-refractivity contribution in [2.24, 2.45) is 0 Å². The predicted octanol–water partition coefficient (Wildman–Crippen LogP) is 2.94. The molecule has 1 aromatic rings. The van der Waals surface area contributed by atoms with E-state index in [2.05, 4.69) is 42.5 Å². The molecule has 0 atom stereocenters. The first kappa shape index (κ1) is 8.84. The van der Waals surface area contributed by atoms with Crippen LogP contribution in [0.1, 0.15) is 19.4 Å². The van der Waals surface area contributed by atoms with Crippen LogP contribution in [0, 0.1) is 0 Å². The zero-order valence-corrected chi connectivity index (χ0v) is 8.92. The van der Waals surface area contributed by atoms with E-state index in [4.69, 9.17) is 5.73 Å². The number of nitrogens with two attached hydrogens (primary N) is 1. The summed E-state index contributed by atoms with van der Waals surface area (Å²) in [5.74, 6) is 0. The Morgan fingerprint density at radius 2 is 2.00 bits per heavy atom. The summed E-state index contributed by atoms with van der Waals surface area (Å²) in [7, 11) is 0. The number of benzene rings is 1. The van der Waals surface area contributed by atoms with E-state index in [1.807, 2.05) is 18.2 Å². The first-order valence-corrected chi connectivity index (χ1v) is 4.63. The summed E-state index contributed by atoms with van der Waals surface area (Å²) in [5, 5.41) is 0. The zero-order chi connectivity index (χ0) is 8.48. The first-order valence-electron chi connectivity index (χ1n) is 3.55. The molecular weight excluding hydrogens is 249 g/mol. The molecule has 0 aliphatic carbocycles. The van der Waals surface area contributed by atoms with Crippen LogP contribution in [0.3, 0.4) is 0 Å². The van der Waals surface area contributed by atoms with E-state index in [1.54, 1.807) is 0 Å². The van der Waals surface area contributed by atoms with Gasteiger partial charge in [-0.15, -0.1) is 0 Å². The zero-order valence-electron chi connectivity index (χ0n) is 6.76. The summed E-state index contributed by atoms with van der Waals surface area (Å²) in [6.45, 7) is 4.34. The van der Waals surface area contributed by atoms with E-state index in [1.165, 1.54) is 5.56 Å². The molecule has 0 aliphatic rings. The Morgan fingerprint density at radius 1 is 1.36 bits per heavy atom. The fourth-order valence-electron chi connectivity index (χ4n) is 0.908. The lowest BCUT2D eigenvalue weighted by atomic mass is 10.0. The third kappa shape index (κ3) is 2.36. The number of halogens is 1. The van der Waals surface area contributed by atoms with Crippen molar-refractivity contribution in [3.05, 3.63) is 29.8 Å². The second-order valence-electron chi connectivity index (χ2n) is 3.10. The van der Waals surface area contributed by atoms with Crippen molar-refractivity contribution in [2.75, 3.05) is 5.73 Å². The van der Waals surface area contributed by atoms with Crippen molar-refractivity contribution >= 4 is 28.3 Å². The number of anilines is 1. The SMILES string of the molecule is CC(C)(I)c1cccc(N)c1. The van der Waals surface area contributed by atoms with Crippen LogP contribution >= 0.6 is 22.6 Å². The number of hydrogen-bond donors (Lipinski definition) is 1. The van der Waals surface area contributed by atoms with Gasteiger partial charge in [-0.3, -0.25) is 0 Å². The van der Waals surface area contributed by atoms with Crippen molar-refractivity contribution in [3.63, 3.8) is 0 Å². The van der Waals surface area contributed by atoms with Crippen LogP contribution < -0.4 is 5.73 Å². The molecule has 2 N–H and O–H groups in total. The van der Waals surface area contributed by atoms with Gasteiger partial charge >= 0.3 is 0 Å². The van der Waals surface area contributed by atoms with Gasteiger partial charge in [0.15, 0.2) is 0 Å². The highest BCUT2D eigenvalue weighted by molar-refractivity contribution is 14.1. The third-order valence-corrected chi connectivity index (χ3v) is 2.20. The van der Waals surface area contributed by atoms with E-state index >= 15 is 0 Å². The lowest BCUT2D eigenvalue weighted by Crippen LogP contribution is -2.06. The second kappa shape index (κ2) is 3.01. The Bertz CT molecular complexity index is 250. The van der Waals surface area contributed by atoms with Crippen molar-refractivity contribution in [2.45, 2.75) is 17.3 Å². The standard InChI is InChI=1S/C9H12IN/c1-9(2,10)7-4-3-5-8(11)6-7/h3-6H,11H2,1-2H3. The maximum atomic E-state index is 5.65. The number of alkyl halides is 1. The largest absolute Gasteiger partial charge is 0.399 e. The number of hydrogen-bond acceptors (Lipinski definition) is 1. The summed E-state index contributed by atoms with van der Waals surface area (Å²) >= 11 is 2.40. The molecule has 0 aromatic heterocycles. The monoisotopic (exact) mass is 261 g/mol. The Morgan fingerprint density at radius 3 is 2.36 bits per heavy atom. The number of nitrogen functional groups attached to an aromatic ring is 1. The van der Waals surface area contributed by atoms with Crippen LogP contribution in [-0.2, 0) is 3.42 Å². The van der Waals surface area contributed by atoms with Gasteiger partial charge in [0, 0.05) is 9.11 Å². The van der Waals surface area contributed by atoms with Gasteiger partial charge in [0.1, 0.15) is 0 Å². The average Bonchev–Trinajstić information content (AvgIpc) is 1.86. The molecule has 11 heavy (non-hydrogen) atoms. The minimum absolute atomic E-state index is 0.174. The fraction of sp³-hybridized carbons (Fsp3) is 0.333. The second-order valence-corrected chi connectivity index (χ2v) is 5.79. The fourth-order valence-corrected chi connectivity index (χ4v) is 1.24. The molecule has 0 amide bonds. The van der Waals surface area contributed by atoms with Crippen LogP contribution in [0.5, 0.6) is 0 Å². The quantitative estimate of drug-likeness (QED) is 0.469. The normalized spacial score (nSPS) is 11.5. The lowest BCUT2D eigenvalue weighted by Gasteiger charge is -2.16. The topological polar surface area (TPSA) is 26.0 Å². The third-order valence-electron chi connectivity index (χ3n) is 1.57. The summed E-state index contributed by atoms with van der Waals surface area (Å²) in [4.78, 5) is 0. The number of rotatable bonds is 1. The van der Waals surface area contributed by atoms with Crippen LogP contribution in [0.15, 0.2) is 24.3 Å². The minimum atomic E-state index is 0.174. The van der Waals surface area contributed by atoms with Crippen LogP contribution in [0.2, 0.25) is 0 Å². The molecule has 0 radical (unpaired) electrons. The molecule has 60 valence electrons. The molecule has 0 saturated heterocycles. The molecule has 1 nitrogen and oxygen atoms in total. The highest BCUT2D eigenvalue weighted by atomic mass is 127. The van der Waals surface area contributed by atoms with Crippen LogP contribution in [0.4, 0.5) is 5.69 Å². The van der Waals surface area contributed by atoms with E-state index in [0.29, 0.717) is 0 Å². The summed E-state index contributed by atoms with van der Waals surface area (Å²) in [5.41, 5.74) is 7.77. The molecule has 1 aromatic carbocycles. The molecule has 0 heterocycles. The first-order chi connectivity index (χ1) is 5.00. The maximum absolute atomic E-state index is 5.65. The van der Waals surface area contributed by atoms with Gasteiger partial charge in [-0.1, -0.05) is 34.7 Å². The van der Waals surface area contributed by atoms with E-state index in [0.717, 1.165) is 5.69 Å². The highest BCUT2D eigenvalue weighted by Crippen LogP contribution is 2.31. The highest BCUT2D eigenvalue weighted by Gasteiger charge is 2.14. The summed E-state index contributed by atoms with van der Waals surface area (Å²) in [6.07, 6.45) is 0. The van der Waals surface area contributed by atoms with Crippen molar-refractivity contribution in [3.8, 4) is 0 Å². The van der Waals surface area contributed by atoms with E-state index in [-0.39, 0.29) is 3.42 Å². The minimum Gasteiger partial charge on any atom is -0.399 e. The molecule has 0 saturated carbocycles. The molecule has 0 spiro atoms. The van der Waals surface area contributed by atoms with Crippen molar-refractivity contribution < 1.29 is 0 Å². The smallest absolute Gasteiger partial charge is 0.0414 e. The Balaban J connectivity index is 3.06. The Kier molecular flexibility index (Phi) is 2.42. The van der Waals surface area contributed by atoms with E-state index in [9.17, 15) is 0 Å². The van der Waals surface area contributed by atoms with Gasteiger partial charge in [0.2, 0.25) is 0 Å². The Hall–Kier alpha value is -0.250. The van der Waals surface area contributed by atoms with Gasteiger partial charge in [-0.2, -0.15) is 0 Å². The van der Waals surface area contributed by atoms with Gasteiger partial charge in [-0.05, 0) is 31.5 Å². The maximum Gasteiger partial charge on any atom is 0.0414 e. The molecule has 0 fully saturated rings. The predicted molar refractivity (Wildman–Crippen MR) is 57.9 cm³/mol.